The number of ether oxygens (including phenoxy) is 4. The van der Waals surface area contributed by atoms with Gasteiger partial charge in [0.2, 0.25) is 0 Å². The first-order valence-corrected chi connectivity index (χ1v) is 7.26. The predicted octanol–water partition coefficient (Wildman–Crippen LogP) is 1.98. The summed E-state index contributed by atoms with van der Waals surface area (Å²) < 4.78 is 21.4. The first-order valence-electron chi connectivity index (χ1n) is 7.26. The maximum absolute atomic E-state index is 5.65. The quantitative estimate of drug-likeness (QED) is 0.598. The molecule has 0 aliphatic heterocycles. The Balaban J connectivity index is 2.28. The Hall–Kier alpha value is -1.14. The molecule has 0 atom stereocenters. The van der Waals surface area contributed by atoms with E-state index in [1.54, 1.807) is 14.2 Å². The summed E-state index contributed by atoms with van der Waals surface area (Å²) in [5.41, 5.74) is 2.28. The van der Waals surface area contributed by atoms with Crippen LogP contribution in [0.3, 0.4) is 0 Å². The fourth-order valence-electron chi connectivity index (χ4n) is 1.97. The van der Waals surface area contributed by atoms with E-state index in [1.807, 2.05) is 13.1 Å². The van der Waals surface area contributed by atoms with E-state index in [0.717, 1.165) is 30.9 Å². The summed E-state index contributed by atoms with van der Waals surface area (Å²) in [4.78, 5) is 0. The molecule has 0 saturated carbocycles. The van der Waals surface area contributed by atoms with Gasteiger partial charge < -0.3 is 24.3 Å². The second kappa shape index (κ2) is 11.5. The molecule has 5 heteroatoms. The Morgan fingerprint density at radius 3 is 2.52 bits per heavy atom. The summed E-state index contributed by atoms with van der Waals surface area (Å²) in [5, 5.41) is 3.14. The van der Waals surface area contributed by atoms with E-state index in [-0.39, 0.29) is 0 Å². The van der Waals surface area contributed by atoms with Gasteiger partial charge in [0, 0.05) is 32.4 Å². The third kappa shape index (κ3) is 7.43. The topological polar surface area (TPSA) is 49.0 Å². The van der Waals surface area contributed by atoms with Gasteiger partial charge in [-0.25, -0.2) is 0 Å². The van der Waals surface area contributed by atoms with Crippen LogP contribution in [0.1, 0.15) is 17.5 Å². The summed E-state index contributed by atoms with van der Waals surface area (Å²) >= 11 is 0. The minimum Gasteiger partial charge on any atom is -0.496 e. The van der Waals surface area contributed by atoms with Crippen molar-refractivity contribution in [2.45, 2.75) is 19.6 Å². The molecule has 0 unspecified atom stereocenters. The summed E-state index contributed by atoms with van der Waals surface area (Å²) in [5.74, 6) is 0.857. The highest BCUT2D eigenvalue weighted by molar-refractivity contribution is 5.36. The largest absolute Gasteiger partial charge is 0.496 e. The molecule has 0 saturated heterocycles. The lowest BCUT2D eigenvalue weighted by molar-refractivity contribution is 0.0331. The molecule has 0 radical (unpaired) electrons. The third-order valence-corrected chi connectivity index (χ3v) is 2.99. The normalized spacial score (nSPS) is 10.8. The van der Waals surface area contributed by atoms with Crippen molar-refractivity contribution in [3.05, 3.63) is 29.3 Å². The highest BCUT2D eigenvalue weighted by atomic mass is 16.5. The zero-order valence-electron chi connectivity index (χ0n) is 13.3. The molecular formula is C16H27NO4. The van der Waals surface area contributed by atoms with Crippen LogP contribution >= 0.6 is 0 Å². The molecule has 0 aliphatic carbocycles. The van der Waals surface area contributed by atoms with E-state index < -0.39 is 0 Å². The lowest BCUT2D eigenvalue weighted by Crippen LogP contribution is -2.08. The van der Waals surface area contributed by atoms with Crippen molar-refractivity contribution in [2.75, 3.05) is 47.7 Å². The van der Waals surface area contributed by atoms with Gasteiger partial charge in [0.25, 0.3) is 0 Å². The summed E-state index contributed by atoms with van der Waals surface area (Å²) in [6.45, 7) is 3.98. The molecular weight excluding hydrogens is 270 g/mol. The van der Waals surface area contributed by atoms with Crippen LogP contribution in [-0.2, 0) is 27.4 Å². The molecule has 120 valence electrons. The molecule has 0 amide bonds. The van der Waals surface area contributed by atoms with Crippen LogP contribution in [0.4, 0.5) is 0 Å². The SMILES string of the molecule is CNCc1ccc(OC)c(COCCOCCCOC)c1. The molecule has 1 N–H and O–H groups in total. The van der Waals surface area contributed by atoms with Crippen molar-refractivity contribution in [1.29, 1.82) is 0 Å². The fourth-order valence-corrected chi connectivity index (χ4v) is 1.97. The van der Waals surface area contributed by atoms with Crippen molar-refractivity contribution < 1.29 is 18.9 Å². The predicted molar refractivity (Wildman–Crippen MR) is 82.7 cm³/mol. The van der Waals surface area contributed by atoms with Crippen molar-refractivity contribution in [2.24, 2.45) is 0 Å². The molecule has 1 aromatic carbocycles. The number of hydrogen-bond acceptors (Lipinski definition) is 5. The molecule has 0 bridgehead atoms. The van der Waals surface area contributed by atoms with Crippen LogP contribution in [0.15, 0.2) is 18.2 Å². The Kier molecular flexibility index (Phi) is 9.82. The molecule has 21 heavy (non-hydrogen) atoms. The van der Waals surface area contributed by atoms with Gasteiger partial charge in [0.1, 0.15) is 5.75 Å². The number of methoxy groups -OCH3 is 2. The van der Waals surface area contributed by atoms with Crippen molar-refractivity contribution >= 4 is 0 Å². The van der Waals surface area contributed by atoms with Crippen LogP contribution in [0.5, 0.6) is 5.75 Å². The van der Waals surface area contributed by atoms with Gasteiger partial charge in [-0.2, -0.15) is 0 Å². The third-order valence-electron chi connectivity index (χ3n) is 2.99. The summed E-state index contributed by atoms with van der Waals surface area (Å²) in [6.07, 6.45) is 0.913. The molecule has 0 fully saturated rings. The van der Waals surface area contributed by atoms with E-state index in [0.29, 0.717) is 26.4 Å². The Bertz CT molecular complexity index is 385. The molecule has 0 spiro atoms. The Morgan fingerprint density at radius 2 is 1.81 bits per heavy atom. The molecule has 1 rings (SSSR count). The van der Waals surface area contributed by atoms with Gasteiger partial charge in [-0.1, -0.05) is 6.07 Å². The molecule has 0 aromatic heterocycles. The summed E-state index contributed by atoms with van der Waals surface area (Å²) in [7, 11) is 5.30. The lowest BCUT2D eigenvalue weighted by Gasteiger charge is -2.11. The van der Waals surface area contributed by atoms with Crippen molar-refractivity contribution in [1.82, 2.24) is 5.32 Å². The maximum atomic E-state index is 5.65. The second-order valence-corrected chi connectivity index (χ2v) is 4.69. The van der Waals surface area contributed by atoms with Gasteiger partial charge in [-0.05, 0) is 31.2 Å². The number of nitrogens with one attached hydrogen (secondary N) is 1. The van der Waals surface area contributed by atoms with E-state index in [4.69, 9.17) is 18.9 Å². The van der Waals surface area contributed by atoms with E-state index in [1.165, 1.54) is 5.56 Å². The van der Waals surface area contributed by atoms with Gasteiger partial charge in [0.15, 0.2) is 0 Å². The zero-order valence-corrected chi connectivity index (χ0v) is 13.3. The number of benzene rings is 1. The minimum atomic E-state index is 0.530. The summed E-state index contributed by atoms with van der Waals surface area (Å²) in [6, 6.07) is 6.14. The molecule has 1 aromatic rings. The maximum Gasteiger partial charge on any atom is 0.124 e. The highest BCUT2D eigenvalue weighted by Crippen LogP contribution is 2.20. The fraction of sp³-hybridized carbons (Fsp3) is 0.625. The van der Waals surface area contributed by atoms with Gasteiger partial charge in [0.05, 0.1) is 26.9 Å². The van der Waals surface area contributed by atoms with E-state index in [9.17, 15) is 0 Å². The zero-order chi connectivity index (χ0) is 15.3. The average molecular weight is 297 g/mol. The van der Waals surface area contributed by atoms with Gasteiger partial charge in [-0.15, -0.1) is 0 Å². The standard InChI is InChI=1S/C16H27NO4/c1-17-12-14-5-6-16(19-3)15(11-14)13-21-10-9-20-8-4-7-18-2/h5-6,11,17H,4,7-10,12-13H2,1-3H3. The van der Waals surface area contributed by atoms with E-state index >= 15 is 0 Å². The van der Waals surface area contributed by atoms with Crippen LogP contribution in [0, 0.1) is 0 Å². The van der Waals surface area contributed by atoms with Crippen LogP contribution in [-0.4, -0.2) is 47.7 Å². The minimum absolute atomic E-state index is 0.530. The highest BCUT2D eigenvalue weighted by Gasteiger charge is 2.04. The molecule has 5 nitrogen and oxygen atoms in total. The van der Waals surface area contributed by atoms with Crippen LogP contribution < -0.4 is 10.1 Å². The first kappa shape index (κ1) is 17.9. The Morgan fingerprint density at radius 1 is 1.00 bits per heavy atom. The molecule has 0 aliphatic rings. The molecule has 0 heterocycles. The van der Waals surface area contributed by atoms with Crippen LogP contribution in [0.25, 0.3) is 0 Å². The van der Waals surface area contributed by atoms with Crippen molar-refractivity contribution in [3.8, 4) is 5.75 Å². The van der Waals surface area contributed by atoms with Gasteiger partial charge in [-0.3, -0.25) is 0 Å². The first-order chi connectivity index (χ1) is 10.3. The van der Waals surface area contributed by atoms with Crippen LogP contribution in [0.2, 0.25) is 0 Å². The van der Waals surface area contributed by atoms with Crippen molar-refractivity contribution in [3.63, 3.8) is 0 Å². The monoisotopic (exact) mass is 297 g/mol. The Labute approximate surface area is 127 Å². The second-order valence-electron chi connectivity index (χ2n) is 4.69. The number of hydrogen-bond donors (Lipinski definition) is 1. The average Bonchev–Trinajstić information content (AvgIpc) is 2.50. The smallest absolute Gasteiger partial charge is 0.124 e. The number of rotatable bonds is 12. The van der Waals surface area contributed by atoms with Gasteiger partial charge >= 0.3 is 0 Å². The lowest BCUT2D eigenvalue weighted by atomic mass is 10.1. The van der Waals surface area contributed by atoms with E-state index in [2.05, 4.69) is 17.4 Å².